The molecule has 0 saturated heterocycles. The summed E-state index contributed by atoms with van der Waals surface area (Å²) in [6, 6.07) is 19.0. The van der Waals surface area contributed by atoms with E-state index in [0.29, 0.717) is 15.2 Å². The number of hydrogen-bond donors (Lipinski definition) is 0. The van der Waals surface area contributed by atoms with Crippen LogP contribution in [0.2, 0.25) is 0 Å². The fourth-order valence-electron chi connectivity index (χ4n) is 1.82. The monoisotopic (exact) mass is 273 g/mol. The maximum absolute atomic E-state index is 4.19. The average Bonchev–Trinajstić information content (AvgIpc) is 2.69. The number of anilines is 1. The second-order valence-electron chi connectivity index (χ2n) is 3.66. The first-order valence-electron chi connectivity index (χ1n) is 5.18. The molecule has 3 rings (SSSR count). The number of benzene rings is 2. The van der Waals surface area contributed by atoms with Crippen LogP contribution in [0.25, 0.3) is 5.70 Å². The van der Waals surface area contributed by atoms with Crippen LogP contribution in [0.1, 0.15) is 5.56 Å². The summed E-state index contributed by atoms with van der Waals surface area (Å²) >= 11 is 0.328. The van der Waals surface area contributed by atoms with E-state index in [1.54, 1.807) is 0 Å². The normalized spacial score (nSPS) is 14.0. The van der Waals surface area contributed by atoms with Crippen LogP contribution in [0, 0.1) is 0 Å². The van der Waals surface area contributed by atoms with Crippen molar-refractivity contribution in [1.29, 1.82) is 0 Å². The molecule has 1 heterocycles. The Kier molecular flexibility index (Phi) is 2.32. The van der Waals surface area contributed by atoms with Crippen molar-refractivity contribution in [1.82, 2.24) is 0 Å². The summed E-state index contributed by atoms with van der Waals surface area (Å²) in [5.41, 5.74) is 3.66. The summed E-state index contributed by atoms with van der Waals surface area (Å²) in [6.07, 6.45) is 0. The molecule has 0 bridgehead atoms. The Hall–Kier alpha value is -1.50. The van der Waals surface area contributed by atoms with E-state index in [9.17, 15) is 0 Å². The van der Waals surface area contributed by atoms with Gasteiger partial charge in [-0.05, 0) is 0 Å². The summed E-state index contributed by atoms with van der Waals surface area (Å²) in [4.78, 5) is 0. The van der Waals surface area contributed by atoms with E-state index in [0.717, 1.165) is 5.70 Å². The minimum atomic E-state index is 0.328. The van der Waals surface area contributed by atoms with Gasteiger partial charge < -0.3 is 0 Å². The van der Waals surface area contributed by atoms with E-state index in [-0.39, 0.29) is 0 Å². The van der Waals surface area contributed by atoms with Crippen LogP contribution in [0.5, 0.6) is 0 Å². The van der Waals surface area contributed by atoms with Gasteiger partial charge in [-0.25, -0.2) is 0 Å². The fourth-order valence-corrected chi connectivity index (χ4v) is 4.03. The zero-order valence-electron chi connectivity index (χ0n) is 8.76. The van der Waals surface area contributed by atoms with E-state index in [1.165, 1.54) is 15.7 Å². The molecule has 1 aliphatic rings. The third kappa shape index (κ3) is 1.47. The van der Waals surface area contributed by atoms with Gasteiger partial charge in [0.15, 0.2) is 0 Å². The van der Waals surface area contributed by atoms with Crippen molar-refractivity contribution in [2.24, 2.45) is 0 Å². The molecule has 1 nitrogen and oxygen atoms in total. The van der Waals surface area contributed by atoms with Crippen LogP contribution in [-0.4, -0.2) is 15.2 Å². The van der Waals surface area contributed by atoms with Crippen LogP contribution < -0.4 is 8.38 Å². The molecule has 2 aromatic rings. The van der Waals surface area contributed by atoms with E-state index >= 15 is 0 Å². The van der Waals surface area contributed by atoms with Gasteiger partial charge in [-0.15, -0.1) is 0 Å². The van der Waals surface area contributed by atoms with Gasteiger partial charge in [0.05, 0.1) is 0 Å². The van der Waals surface area contributed by atoms with Crippen molar-refractivity contribution in [2.45, 2.75) is 0 Å². The van der Waals surface area contributed by atoms with Gasteiger partial charge in [-0.1, -0.05) is 0 Å². The summed E-state index contributed by atoms with van der Waals surface area (Å²) in [5, 5.41) is 0. The number of hydrogen-bond acceptors (Lipinski definition) is 1. The summed E-state index contributed by atoms with van der Waals surface area (Å²) in [5.74, 6) is 0. The quantitative estimate of drug-likeness (QED) is 0.721. The van der Waals surface area contributed by atoms with Crippen LogP contribution >= 0.6 is 0 Å². The third-order valence-corrected chi connectivity index (χ3v) is 5.07. The molecule has 0 aromatic heterocycles. The van der Waals surface area contributed by atoms with Crippen LogP contribution in [0.15, 0.2) is 61.2 Å². The van der Waals surface area contributed by atoms with Gasteiger partial charge in [-0.2, -0.15) is 0 Å². The Morgan fingerprint density at radius 3 is 2.31 bits per heavy atom. The van der Waals surface area contributed by atoms with Crippen molar-refractivity contribution < 1.29 is 0 Å². The van der Waals surface area contributed by atoms with Crippen molar-refractivity contribution in [3.63, 3.8) is 0 Å². The minimum absolute atomic E-state index is 0.328. The Morgan fingerprint density at radius 2 is 1.56 bits per heavy atom. The number of rotatable bonds is 1. The van der Waals surface area contributed by atoms with Gasteiger partial charge in [0.1, 0.15) is 0 Å². The standard InChI is InChI=1S/C14H11NSe/c1-11-13-9-5-6-10-14(13)16-15(11)12-7-3-2-4-8-12/h2-10H,1H2. The van der Waals surface area contributed by atoms with Crippen molar-refractivity contribution >= 4 is 31.0 Å². The second-order valence-corrected chi connectivity index (χ2v) is 5.74. The molecule has 16 heavy (non-hydrogen) atoms. The molecule has 0 saturated carbocycles. The molecule has 0 amide bonds. The van der Waals surface area contributed by atoms with Crippen molar-refractivity contribution in [3.8, 4) is 0 Å². The van der Waals surface area contributed by atoms with Gasteiger partial charge in [0.25, 0.3) is 0 Å². The molecule has 1 aliphatic heterocycles. The molecule has 0 aliphatic carbocycles. The van der Waals surface area contributed by atoms with E-state index < -0.39 is 0 Å². The number of fused-ring (bicyclic) bond motifs is 1. The van der Waals surface area contributed by atoms with E-state index in [4.69, 9.17) is 0 Å². The second kappa shape index (κ2) is 3.82. The Bertz CT molecular complexity index is 533. The molecule has 0 N–H and O–H groups in total. The summed E-state index contributed by atoms with van der Waals surface area (Å²) in [7, 11) is 0. The Morgan fingerprint density at radius 1 is 0.875 bits per heavy atom. The molecule has 0 atom stereocenters. The maximum atomic E-state index is 4.19. The van der Waals surface area contributed by atoms with Gasteiger partial charge in [0, 0.05) is 0 Å². The molecule has 0 fully saturated rings. The Balaban J connectivity index is 2.02. The predicted octanol–water partition coefficient (Wildman–Crippen LogP) is 2.42. The number of nitrogens with zero attached hydrogens (tertiary/aromatic N) is 1. The zero-order valence-corrected chi connectivity index (χ0v) is 10.5. The zero-order chi connectivity index (χ0) is 11.0. The van der Waals surface area contributed by atoms with E-state index in [2.05, 4.69) is 59.0 Å². The molecule has 0 unspecified atom stereocenters. The molecular formula is C14H11NSe. The average molecular weight is 272 g/mol. The molecule has 0 spiro atoms. The summed E-state index contributed by atoms with van der Waals surface area (Å²) in [6.45, 7) is 4.19. The van der Waals surface area contributed by atoms with Crippen LogP contribution in [0.4, 0.5) is 5.69 Å². The molecule has 2 heteroatoms. The van der Waals surface area contributed by atoms with Crippen molar-refractivity contribution in [2.75, 3.05) is 3.92 Å². The topological polar surface area (TPSA) is 3.24 Å². The predicted molar refractivity (Wildman–Crippen MR) is 69.8 cm³/mol. The molecule has 0 radical (unpaired) electrons. The van der Waals surface area contributed by atoms with Gasteiger partial charge >= 0.3 is 102 Å². The summed E-state index contributed by atoms with van der Waals surface area (Å²) < 4.78 is 3.74. The van der Waals surface area contributed by atoms with Gasteiger partial charge in [0.2, 0.25) is 0 Å². The van der Waals surface area contributed by atoms with Crippen LogP contribution in [-0.2, 0) is 0 Å². The first-order chi connectivity index (χ1) is 7.86. The van der Waals surface area contributed by atoms with Crippen molar-refractivity contribution in [3.05, 3.63) is 66.7 Å². The van der Waals surface area contributed by atoms with Gasteiger partial charge in [-0.3, -0.25) is 0 Å². The fraction of sp³-hybridized carbons (Fsp3) is 0. The molecule has 78 valence electrons. The number of para-hydroxylation sites is 1. The molecular weight excluding hydrogens is 261 g/mol. The Labute approximate surface area is 102 Å². The third-order valence-electron chi connectivity index (χ3n) is 2.62. The van der Waals surface area contributed by atoms with E-state index in [1.807, 2.05) is 6.07 Å². The molecule has 2 aromatic carbocycles. The van der Waals surface area contributed by atoms with Crippen LogP contribution in [0.3, 0.4) is 0 Å². The first-order valence-corrected chi connectivity index (χ1v) is 6.80. The first kappa shape index (κ1) is 9.71. The SMILES string of the molecule is C=C1c2ccccc2[Se]N1c1ccccc1.